The van der Waals surface area contributed by atoms with Crippen molar-refractivity contribution < 1.29 is 13.9 Å². The zero-order chi connectivity index (χ0) is 20.5. The van der Waals surface area contributed by atoms with Crippen LogP contribution in [-0.2, 0) is 4.74 Å². The molecule has 0 aromatic carbocycles. The first kappa shape index (κ1) is 20.3. The highest BCUT2D eigenvalue weighted by Crippen LogP contribution is 2.31. The summed E-state index contributed by atoms with van der Waals surface area (Å²) in [7, 11) is 0. The molecule has 2 aromatic heterocycles. The molecule has 1 aliphatic rings. The molecule has 2 aromatic rings. The number of amides is 1. The Balaban J connectivity index is 1.79. The first-order valence-electron chi connectivity index (χ1n) is 9.03. The van der Waals surface area contributed by atoms with Gasteiger partial charge in [0.2, 0.25) is 5.95 Å². The maximum atomic E-state index is 13.4. The van der Waals surface area contributed by atoms with E-state index in [1.54, 1.807) is 11.0 Å². The number of ether oxygens (including phenoxy) is 1. The van der Waals surface area contributed by atoms with E-state index in [-0.39, 0.29) is 22.9 Å². The lowest BCUT2D eigenvalue weighted by Gasteiger charge is -2.33. The molecule has 0 unspecified atom stereocenters. The van der Waals surface area contributed by atoms with Crippen molar-refractivity contribution in [3.05, 3.63) is 45.3 Å². The average Bonchev–Trinajstić information content (AvgIpc) is 2.62. The third-order valence-electron chi connectivity index (χ3n) is 4.42. The third-order valence-corrected chi connectivity index (χ3v) is 4.79. The molecule has 0 bridgehead atoms. The Labute approximate surface area is 166 Å². The van der Waals surface area contributed by atoms with Gasteiger partial charge >= 0.3 is 6.09 Å². The molecule has 28 heavy (non-hydrogen) atoms. The van der Waals surface area contributed by atoms with Crippen molar-refractivity contribution in [2.75, 3.05) is 13.1 Å². The molecule has 0 radical (unpaired) electrons. The number of H-pyrrole nitrogens is 1. The molecule has 0 saturated carbocycles. The Morgan fingerprint density at radius 3 is 2.64 bits per heavy atom. The number of likely N-dealkylation sites (tertiary alicyclic amines) is 1. The van der Waals surface area contributed by atoms with Crippen molar-refractivity contribution in [1.82, 2.24) is 19.9 Å². The second-order valence-electron chi connectivity index (χ2n) is 7.72. The normalized spacial score (nSPS) is 15.5. The van der Waals surface area contributed by atoms with Gasteiger partial charge in [0.25, 0.3) is 5.56 Å². The zero-order valence-electron chi connectivity index (χ0n) is 16.0. The van der Waals surface area contributed by atoms with Gasteiger partial charge in [-0.1, -0.05) is 11.6 Å². The van der Waals surface area contributed by atoms with Gasteiger partial charge in [0.05, 0.1) is 5.69 Å². The van der Waals surface area contributed by atoms with E-state index in [0.29, 0.717) is 37.2 Å². The predicted octanol–water partition coefficient (Wildman–Crippen LogP) is 3.74. The number of aromatic amines is 1. The van der Waals surface area contributed by atoms with Crippen molar-refractivity contribution >= 4 is 17.7 Å². The van der Waals surface area contributed by atoms with Gasteiger partial charge in [0.15, 0.2) is 0 Å². The van der Waals surface area contributed by atoms with E-state index in [1.165, 1.54) is 12.3 Å². The van der Waals surface area contributed by atoms with Crippen LogP contribution in [0.5, 0.6) is 0 Å². The van der Waals surface area contributed by atoms with Crippen LogP contribution in [0.4, 0.5) is 9.18 Å². The Morgan fingerprint density at radius 2 is 2.04 bits per heavy atom. The Hall–Kier alpha value is -2.48. The van der Waals surface area contributed by atoms with Gasteiger partial charge in [-0.25, -0.2) is 14.8 Å². The SMILES string of the molecule is CC(C)(C)OC(=O)N1CCC(c2nc(-c3ccnc(F)c3)[nH]c(=O)c2Cl)CC1. The number of carbonyl (C=O) groups excluding carboxylic acids is 1. The summed E-state index contributed by atoms with van der Waals surface area (Å²) in [6.07, 6.45) is 2.14. The fourth-order valence-corrected chi connectivity index (χ4v) is 3.34. The van der Waals surface area contributed by atoms with E-state index in [4.69, 9.17) is 16.3 Å². The maximum Gasteiger partial charge on any atom is 0.410 e. The number of nitrogens with one attached hydrogen (secondary N) is 1. The first-order valence-corrected chi connectivity index (χ1v) is 9.41. The number of hydrogen-bond donors (Lipinski definition) is 1. The smallest absolute Gasteiger partial charge is 0.410 e. The summed E-state index contributed by atoms with van der Waals surface area (Å²) in [5.74, 6) is -0.512. The molecule has 1 amide bonds. The fourth-order valence-electron chi connectivity index (χ4n) is 3.10. The van der Waals surface area contributed by atoms with Crippen LogP contribution in [0.1, 0.15) is 45.2 Å². The zero-order valence-corrected chi connectivity index (χ0v) is 16.7. The average molecular weight is 409 g/mol. The summed E-state index contributed by atoms with van der Waals surface area (Å²) < 4.78 is 18.8. The fraction of sp³-hybridized carbons (Fsp3) is 0.474. The summed E-state index contributed by atoms with van der Waals surface area (Å²) in [4.78, 5) is 36.7. The van der Waals surface area contributed by atoms with E-state index >= 15 is 0 Å². The van der Waals surface area contributed by atoms with Crippen LogP contribution in [0.2, 0.25) is 5.02 Å². The molecule has 7 nitrogen and oxygen atoms in total. The van der Waals surface area contributed by atoms with Gasteiger partial charge in [-0.3, -0.25) is 4.79 Å². The van der Waals surface area contributed by atoms with Crippen molar-refractivity contribution in [3.8, 4) is 11.4 Å². The van der Waals surface area contributed by atoms with Gasteiger partial charge in [-0.2, -0.15) is 4.39 Å². The quantitative estimate of drug-likeness (QED) is 0.765. The van der Waals surface area contributed by atoms with Gasteiger partial charge in [-0.15, -0.1) is 0 Å². The molecule has 1 N–H and O–H groups in total. The molecular formula is C19H22ClFN4O3. The van der Waals surface area contributed by atoms with Crippen molar-refractivity contribution in [2.45, 2.75) is 45.1 Å². The lowest BCUT2D eigenvalue weighted by Crippen LogP contribution is -2.41. The lowest BCUT2D eigenvalue weighted by molar-refractivity contribution is 0.0204. The number of aromatic nitrogens is 3. The molecule has 0 spiro atoms. The summed E-state index contributed by atoms with van der Waals surface area (Å²) >= 11 is 6.21. The molecule has 1 fully saturated rings. The van der Waals surface area contributed by atoms with E-state index in [1.807, 2.05) is 20.8 Å². The van der Waals surface area contributed by atoms with Crippen molar-refractivity contribution in [3.63, 3.8) is 0 Å². The van der Waals surface area contributed by atoms with Crippen LogP contribution in [0.3, 0.4) is 0 Å². The molecular weight excluding hydrogens is 387 g/mol. The van der Waals surface area contributed by atoms with E-state index in [2.05, 4.69) is 15.0 Å². The number of carbonyl (C=O) groups is 1. The topological polar surface area (TPSA) is 88.2 Å². The van der Waals surface area contributed by atoms with Crippen LogP contribution in [-0.4, -0.2) is 44.6 Å². The maximum absolute atomic E-state index is 13.4. The van der Waals surface area contributed by atoms with Crippen LogP contribution in [0.15, 0.2) is 23.1 Å². The summed E-state index contributed by atoms with van der Waals surface area (Å²) in [5, 5.41) is 0.0222. The number of halogens is 2. The molecule has 3 heterocycles. The molecule has 0 aliphatic carbocycles. The minimum atomic E-state index is -0.665. The number of piperidine rings is 1. The van der Waals surface area contributed by atoms with Crippen molar-refractivity contribution in [1.29, 1.82) is 0 Å². The van der Waals surface area contributed by atoms with Crippen LogP contribution >= 0.6 is 11.6 Å². The molecule has 1 aliphatic heterocycles. The number of pyridine rings is 1. The second kappa shape index (κ2) is 7.87. The molecule has 0 atom stereocenters. The minimum Gasteiger partial charge on any atom is -0.444 e. The molecule has 3 rings (SSSR count). The van der Waals surface area contributed by atoms with Crippen LogP contribution in [0, 0.1) is 5.95 Å². The highest BCUT2D eigenvalue weighted by atomic mass is 35.5. The molecule has 1 saturated heterocycles. The van der Waals surface area contributed by atoms with E-state index < -0.39 is 17.1 Å². The monoisotopic (exact) mass is 408 g/mol. The summed E-state index contributed by atoms with van der Waals surface area (Å²) in [5.41, 5.74) is -0.163. The second-order valence-corrected chi connectivity index (χ2v) is 8.10. The Kier molecular flexibility index (Phi) is 5.69. The third kappa shape index (κ3) is 4.67. The Bertz CT molecular complexity index is 934. The van der Waals surface area contributed by atoms with E-state index in [9.17, 15) is 14.0 Å². The summed E-state index contributed by atoms with van der Waals surface area (Å²) in [6, 6.07) is 2.76. The number of rotatable bonds is 2. The lowest BCUT2D eigenvalue weighted by atomic mass is 9.93. The predicted molar refractivity (Wildman–Crippen MR) is 103 cm³/mol. The van der Waals surface area contributed by atoms with Gasteiger partial charge < -0.3 is 14.6 Å². The standard InChI is InChI=1S/C19H22ClFN4O3/c1-19(2,3)28-18(27)25-8-5-11(6-9-25)15-14(20)17(26)24-16(23-15)12-4-7-22-13(21)10-12/h4,7,10-11H,5-6,8-9H2,1-3H3,(H,23,24,26). The van der Waals surface area contributed by atoms with Gasteiger partial charge in [0, 0.05) is 36.8 Å². The Morgan fingerprint density at radius 1 is 1.36 bits per heavy atom. The van der Waals surface area contributed by atoms with Crippen LogP contribution in [0.25, 0.3) is 11.4 Å². The molecule has 9 heteroatoms. The molecule has 150 valence electrons. The highest BCUT2D eigenvalue weighted by molar-refractivity contribution is 6.31. The number of hydrogen-bond acceptors (Lipinski definition) is 5. The number of nitrogens with zero attached hydrogens (tertiary/aromatic N) is 3. The van der Waals surface area contributed by atoms with Gasteiger partial charge in [-0.05, 0) is 39.7 Å². The highest BCUT2D eigenvalue weighted by Gasteiger charge is 2.30. The van der Waals surface area contributed by atoms with Crippen molar-refractivity contribution in [2.24, 2.45) is 0 Å². The van der Waals surface area contributed by atoms with E-state index in [0.717, 1.165) is 0 Å². The van der Waals surface area contributed by atoms with Crippen LogP contribution < -0.4 is 5.56 Å². The van der Waals surface area contributed by atoms with Gasteiger partial charge in [0.1, 0.15) is 16.4 Å². The summed E-state index contributed by atoms with van der Waals surface area (Å²) in [6.45, 7) is 6.41. The largest absolute Gasteiger partial charge is 0.444 e. The first-order chi connectivity index (χ1) is 13.1. The minimum absolute atomic E-state index is 0.0222.